The smallest absolute Gasteiger partial charge is 0.424 e. The third-order valence-corrected chi connectivity index (χ3v) is 0.942. The molecule has 4 heteroatoms. The highest BCUT2D eigenvalue weighted by molar-refractivity contribution is 5.66. The van der Waals surface area contributed by atoms with E-state index in [4.69, 9.17) is 5.84 Å². The summed E-state index contributed by atoms with van der Waals surface area (Å²) in [4.78, 5) is 10.5. The molecule has 0 spiro atoms. The molecule has 0 aliphatic heterocycles. The van der Waals surface area contributed by atoms with Crippen LogP contribution in [-0.2, 0) is 4.74 Å². The molecule has 0 heterocycles. The zero-order chi connectivity index (χ0) is 7.44. The minimum absolute atomic E-state index is 0.0163. The predicted molar refractivity (Wildman–Crippen MR) is 33.6 cm³/mol. The molecular formula is C5H12N2O2. The molecule has 0 aliphatic rings. The van der Waals surface area contributed by atoms with Gasteiger partial charge in [0, 0.05) is 6.04 Å². The lowest BCUT2D eigenvalue weighted by atomic mass is 10.4. The summed E-state index contributed by atoms with van der Waals surface area (Å²) in [5.41, 5.74) is 0. The standard InChI is InChI=1S/C5H12N2O2/c1-4(2)7(6)5(8)9-3/h4H,6H2,1-3H3. The molecular weight excluding hydrogens is 120 g/mol. The number of hydrazine groups is 1. The van der Waals surface area contributed by atoms with Crippen LogP contribution in [0, 0.1) is 0 Å². The number of carbonyl (C=O) groups is 1. The first-order valence-corrected chi connectivity index (χ1v) is 2.71. The van der Waals surface area contributed by atoms with Crippen LogP contribution in [0.2, 0.25) is 0 Å². The molecule has 0 fully saturated rings. The zero-order valence-electron chi connectivity index (χ0n) is 5.92. The van der Waals surface area contributed by atoms with E-state index in [0.717, 1.165) is 5.01 Å². The lowest BCUT2D eigenvalue weighted by Gasteiger charge is -2.18. The van der Waals surface area contributed by atoms with Gasteiger partial charge in [0.05, 0.1) is 7.11 Å². The highest BCUT2D eigenvalue weighted by Gasteiger charge is 2.10. The van der Waals surface area contributed by atoms with Crippen molar-refractivity contribution in [2.45, 2.75) is 19.9 Å². The number of hydrogen-bond acceptors (Lipinski definition) is 3. The van der Waals surface area contributed by atoms with E-state index in [-0.39, 0.29) is 6.04 Å². The number of nitrogens with zero attached hydrogens (tertiary/aromatic N) is 1. The van der Waals surface area contributed by atoms with Gasteiger partial charge in [-0.2, -0.15) is 0 Å². The van der Waals surface area contributed by atoms with Crippen molar-refractivity contribution < 1.29 is 9.53 Å². The molecule has 2 N–H and O–H groups in total. The van der Waals surface area contributed by atoms with Crippen LogP contribution in [0.3, 0.4) is 0 Å². The van der Waals surface area contributed by atoms with Crippen LogP contribution in [0.1, 0.15) is 13.8 Å². The SMILES string of the molecule is COC(=O)N(N)C(C)C. The van der Waals surface area contributed by atoms with E-state index in [9.17, 15) is 4.79 Å². The minimum atomic E-state index is -0.509. The van der Waals surface area contributed by atoms with E-state index in [1.807, 2.05) is 0 Å². The lowest BCUT2D eigenvalue weighted by Crippen LogP contribution is -2.42. The van der Waals surface area contributed by atoms with E-state index in [1.165, 1.54) is 7.11 Å². The third-order valence-electron chi connectivity index (χ3n) is 0.942. The zero-order valence-corrected chi connectivity index (χ0v) is 5.92. The average molecular weight is 132 g/mol. The second-order valence-corrected chi connectivity index (χ2v) is 1.97. The molecule has 0 saturated carbocycles. The fourth-order valence-electron chi connectivity index (χ4n) is 0.316. The summed E-state index contributed by atoms with van der Waals surface area (Å²) in [6.45, 7) is 3.60. The molecule has 1 amide bonds. The van der Waals surface area contributed by atoms with Gasteiger partial charge in [0.1, 0.15) is 0 Å². The monoisotopic (exact) mass is 132 g/mol. The Morgan fingerprint density at radius 3 is 2.22 bits per heavy atom. The van der Waals surface area contributed by atoms with Gasteiger partial charge >= 0.3 is 6.09 Å². The predicted octanol–water partition coefficient (Wildman–Crippen LogP) is 0.337. The first kappa shape index (κ1) is 8.23. The first-order chi connectivity index (χ1) is 4.09. The van der Waals surface area contributed by atoms with E-state index in [0.29, 0.717) is 0 Å². The first-order valence-electron chi connectivity index (χ1n) is 2.71. The molecule has 0 atom stereocenters. The second kappa shape index (κ2) is 3.29. The fourth-order valence-corrected chi connectivity index (χ4v) is 0.316. The maximum Gasteiger partial charge on any atom is 0.424 e. The molecule has 9 heavy (non-hydrogen) atoms. The summed E-state index contributed by atoms with van der Waals surface area (Å²) in [6.07, 6.45) is -0.509. The molecule has 0 aromatic carbocycles. The molecule has 54 valence electrons. The fraction of sp³-hybridized carbons (Fsp3) is 0.800. The average Bonchev–Trinajstić information content (AvgIpc) is 1.84. The number of hydrogen-bond donors (Lipinski definition) is 1. The molecule has 0 aromatic rings. The topological polar surface area (TPSA) is 55.6 Å². The van der Waals surface area contributed by atoms with Crippen molar-refractivity contribution in [2.75, 3.05) is 7.11 Å². The molecule has 0 bridgehead atoms. The molecule has 0 unspecified atom stereocenters. The second-order valence-electron chi connectivity index (χ2n) is 1.97. The quantitative estimate of drug-likeness (QED) is 0.318. The summed E-state index contributed by atoms with van der Waals surface area (Å²) in [6, 6.07) is -0.0163. The van der Waals surface area contributed by atoms with E-state index in [1.54, 1.807) is 13.8 Å². The van der Waals surface area contributed by atoms with E-state index < -0.39 is 6.09 Å². The van der Waals surface area contributed by atoms with Gasteiger partial charge in [-0.1, -0.05) is 0 Å². The van der Waals surface area contributed by atoms with Crippen LogP contribution >= 0.6 is 0 Å². The Kier molecular flexibility index (Phi) is 3.01. The Labute approximate surface area is 54.5 Å². The number of ether oxygens (including phenoxy) is 1. The maximum absolute atomic E-state index is 10.5. The van der Waals surface area contributed by atoms with E-state index >= 15 is 0 Å². The summed E-state index contributed by atoms with van der Waals surface area (Å²) in [5, 5.41) is 1.03. The van der Waals surface area contributed by atoms with Gasteiger partial charge in [-0.05, 0) is 13.8 Å². The van der Waals surface area contributed by atoms with Crippen molar-refractivity contribution in [3.05, 3.63) is 0 Å². The Balaban J connectivity index is 3.72. The molecule has 4 nitrogen and oxygen atoms in total. The number of nitrogens with two attached hydrogens (primary N) is 1. The van der Waals surface area contributed by atoms with Crippen LogP contribution in [0.4, 0.5) is 4.79 Å². The number of rotatable bonds is 1. The molecule has 0 radical (unpaired) electrons. The van der Waals surface area contributed by atoms with Gasteiger partial charge in [0.2, 0.25) is 0 Å². The summed E-state index contributed by atoms with van der Waals surface area (Å²) in [5.74, 6) is 5.23. The number of amides is 1. The molecule has 0 saturated heterocycles. The number of methoxy groups -OCH3 is 1. The van der Waals surface area contributed by atoms with Gasteiger partial charge in [-0.3, -0.25) is 0 Å². The van der Waals surface area contributed by atoms with Crippen LogP contribution in [0.15, 0.2) is 0 Å². The van der Waals surface area contributed by atoms with Crippen LogP contribution < -0.4 is 5.84 Å². The molecule has 0 aromatic heterocycles. The lowest BCUT2D eigenvalue weighted by molar-refractivity contribution is 0.112. The van der Waals surface area contributed by atoms with E-state index in [2.05, 4.69) is 4.74 Å². The van der Waals surface area contributed by atoms with Crippen LogP contribution in [0.5, 0.6) is 0 Å². The van der Waals surface area contributed by atoms with Crippen molar-refractivity contribution in [3.63, 3.8) is 0 Å². The van der Waals surface area contributed by atoms with Crippen molar-refractivity contribution in [2.24, 2.45) is 5.84 Å². The van der Waals surface area contributed by atoms with Crippen molar-refractivity contribution >= 4 is 6.09 Å². The van der Waals surface area contributed by atoms with Gasteiger partial charge < -0.3 is 4.74 Å². The van der Waals surface area contributed by atoms with Gasteiger partial charge in [-0.15, -0.1) is 0 Å². The Bertz CT molecular complexity index is 103. The highest BCUT2D eigenvalue weighted by Crippen LogP contribution is 1.91. The van der Waals surface area contributed by atoms with Crippen LogP contribution in [0.25, 0.3) is 0 Å². The molecule has 0 rings (SSSR count). The molecule has 0 aliphatic carbocycles. The van der Waals surface area contributed by atoms with Crippen LogP contribution in [-0.4, -0.2) is 24.3 Å². The van der Waals surface area contributed by atoms with Crippen molar-refractivity contribution in [1.29, 1.82) is 0 Å². The minimum Gasteiger partial charge on any atom is -0.452 e. The van der Waals surface area contributed by atoms with Gasteiger partial charge in [0.25, 0.3) is 0 Å². The Morgan fingerprint density at radius 1 is 1.67 bits per heavy atom. The van der Waals surface area contributed by atoms with Crippen molar-refractivity contribution in [1.82, 2.24) is 5.01 Å². The summed E-state index contributed by atoms with van der Waals surface area (Å²) >= 11 is 0. The Hall–Kier alpha value is -0.770. The van der Waals surface area contributed by atoms with Gasteiger partial charge in [-0.25, -0.2) is 15.6 Å². The third kappa shape index (κ3) is 2.32. The Morgan fingerprint density at radius 2 is 2.11 bits per heavy atom. The van der Waals surface area contributed by atoms with Gasteiger partial charge in [0.15, 0.2) is 0 Å². The van der Waals surface area contributed by atoms with Crippen molar-refractivity contribution in [3.8, 4) is 0 Å². The summed E-state index contributed by atoms with van der Waals surface area (Å²) < 4.78 is 4.34. The summed E-state index contributed by atoms with van der Waals surface area (Å²) in [7, 11) is 1.30. The highest BCUT2D eigenvalue weighted by atomic mass is 16.5. The normalized spacial score (nSPS) is 9.44. The number of carbonyl (C=O) groups excluding carboxylic acids is 1. The largest absolute Gasteiger partial charge is 0.452 e. The maximum atomic E-state index is 10.5.